The monoisotopic (exact) mass is 256 g/mol. The Kier molecular flexibility index (Phi) is 2.52. The molecule has 0 fully saturated rings. The van der Waals surface area contributed by atoms with E-state index in [1.807, 2.05) is 23.6 Å². The van der Waals surface area contributed by atoms with E-state index < -0.39 is 0 Å². The first-order valence-corrected chi connectivity index (χ1v) is 5.76. The summed E-state index contributed by atoms with van der Waals surface area (Å²) >= 11 is 0. The molecule has 0 amide bonds. The molecule has 0 radical (unpaired) electrons. The van der Waals surface area contributed by atoms with E-state index in [0.717, 1.165) is 5.56 Å². The van der Waals surface area contributed by atoms with E-state index in [2.05, 4.69) is 19.9 Å². The summed E-state index contributed by atoms with van der Waals surface area (Å²) in [5.74, 6) is 0.798. The van der Waals surface area contributed by atoms with Crippen LogP contribution >= 0.6 is 0 Å². The van der Waals surface area contributed by atoms with Gasteiger partial charge < -0.3 is 10.3 Å². The lowest BCUT2D eigenvalue weighted by Crippen LogP contribution is -2.12. The minimum absolute atomic E-state index is 0.0878. The van der Waals surface area contributed by atoms with Crippen molar-refractivity contribution in [1.29, 1.82) is 0 Å². The average molecular weight is 256 g/mol. The first-order valence-electron chi connectivity index (χ1n) is 5.76. The van der Waals surface area contributed by atoms with Crippen LogP contribution in [0, 0.1) is 6.92 Å². The molecule has 3 aromatic rings. The van der Waals surface area contributed by atoms with Crippen molar-refractivity contribution in [3.8, 4) is 0 Å². The summed E-state index contributed by atoms with van der Waals surface area (Å²) in [6.45, 7) is 2.37. The van der Waals surface area contributed by atoms with Crippen molar-refractivity contribution in [2.45, 2.75) is 13.5 Å². The molecule has 0 saturated heterocycles. The fourth-order valence-corrected chi connectivity index (χ4v) is 2.00. The molecule has 0 aliphatic carbocycles. The van der Waals surface area contributed by atoms with Crippen LogP contribution in [0.15, 0.2) is 29.3 Å². The number of aryl methyl sites for hydroxylation is 1. The number of anilines is 1. The van der Waals surface area contributed by atoms with E-state index >= 15 is 0 Å². The van der Waals surface area contributed by atoms with Gasteiger partial charge in [-0.15, -0.1) is 0 Å². The second kappa shape index (κ2) is 4.20. The zero-order valence-corrected chi connectivity index (χ0v) is 10.3. The Morgan fingerprint density at radius 1 is 1.42 bits per heavy atom. The number of nitrogens with two attached hydrogens (primary N) is 1. The number of rotatable bonds is 2. The van der Waals surface area contributed by atoms with Gasteiger partial charge in [-0.3, -0.25) is 14.8 Å². The van der Waals surface area contributed by atoms with Gasteiger partial charge in [-0.2, -0.15) is 4.98 Å². The van der Waals surface area contributed by atoms with Gasteiger partial charge in [0.2, 0.25) is 5.95 Å². The Morgan fingerprint density at radius 3 is 3.00 bits per heavy atom. The molecule has 96 valence electrons. The van der Waals surface area contributed by atoms with E-state index in [1.54, 1.807) is 12.4 Å². The van der Waals surface area contributed by atoms with Crippen molar-refractivity contribution in [2.75, 3.05) is 5.73 Å². The number of pyridine rings is 1. The number of hydrogen-bond acceptors (Lipinski definition) is 5. The topological polar surface area (TPSA) is 102 Å². The van der Waals surface area contributed by atoms with E-state index in [0.29, 0.717) is 23.5 Å². The SMILES string of the molecule is Cc1nc2c(=O)[nH]c(N)nc2n1Cc1cccnc1. The number of nitrogens with one attached hydrogen (secondary N) is 1. The third-order valence-electron chi connectivity index (χ3n) is 2.88. The Balaban J connectivity index is 2.18. The molecule has 0 bridgehead atoms. The molecule has 0 aromatic carbocycles. The molecule has 3 N–H and O–H groups in total. The molecule has 7 heteroatoms. The number of nitrogen functional groups attached to an aromatic ring is 1. The van der Waals surface area contributed by atoms with Gasteiger partial charge in [-0.25, -0.2) is 4.98 Å². The Bertz CT molecular complexity index is 789. The molecule has 0 aliphatic rings. The van der Waals surface area contributed by atoms with Crippen LogP contribution in [0.4, 0.5) is 5.95 Å². The van der Waals surface area contributed by atoms with Gasteiger partial charge in [0.15, 0.2) is 11.2 Å². The van der Waals surface area contributed by atoms with Crippen LogP contribution in [0.25, 0.3) is 11.2 Å². The fourth-order valence-electron chi connectivity index (χ4n) is 2.00. The third-order valence-corrected chi connectivity index (χ3v) is 2.88. The van der Waals surface area contributed by atoms with Crippen LogP contribution in [-0.2, 0) is 6.54 Å². The minimum atomic E-state index is -0.324. The number of aromatic amines is 1. The van der Waals surface area contributed by atoms with Gasteiger partial charge in [0.1, 0.15) is 5.82 Å². The molecule has 0 aliphatic heterocycles. The summed E-state index contributed by atoms with van der Waals surface area (Å²) < 4.78 is 1.85. The normalized spacial score (nSPS) is 11.0. The maximum Gasteiger partial charge on any atom is 0.280 e. The molecule has 3 aromatic heterocycles. The van der Waals surface area contributed by atoms with Crippen LogP contribution < -0.4 is 11.3 Å². The van der Waals surface area contributed by atoms with Crippen molar-refractivity contribution in [2.24, 2.45) is 0 Å². The lowest BCUT2D eigenvalue weighted by Gasteiger charge is -2.05. The number of hydrogen-bond donors (Lipinski definition) is 2. The number of nitrogens with zero attached hydrogens (tertiary/aromatic N) is 4. The van der Waals surface area contributed by atoms with Crippen LogP contribution in [-0.4, -0.2) is 24.5 Å². The van der Waals surface area contributed by atoms with Crippen LogP contribution in [0.2, 0.25) is 0 Å². The molecule has 3 heterocycles. The zero-order valence-electron chi connectivity index (χ0n) is 10.3. The summed E-state index contributed by atoms with van der Waals surface area (Å²) in [4.78, 5) is 26.6. The molecule has 7 nitrogen and oxygen atoms in total. The summed E-state index contributed by atoms with van der Waals surface area (Å²) in [5.41, 5.74) is 7.05. The molecular weight excluding hydrogens is 244 g/mol. The van der Waals surface area contributed by atoms with Gasteiger partial charge in [0, 0.05) is 12.4 Å². The zero-order chi connectivity index (χ0) is 13.4. The number of fused-ring (bicyclic) bond motifs is 1. The van der Waals surface area contributed by atoms with Crippen LogP contribution in [0.5, 0.6) is 0 Å². The van der Waals surface area contributed by atoms with Crippen LogP contribution in [0.3, 0.4) is 0 Å². The maximum atomic E-state index is 11.8. The molecule has 0 spiro atoms. The van der Waals surface area contributed by atoms with Gasteiger partial charge in [0.25, 0.3) is 5.56 Å². The molecule has 19 heavy (non-hydrogen) atoms. The van der Waals surface area contributed by atoms with Crippen molar-refractivity contribution in [1.82, 2.24) is 24.5 Å². The highest BCUT2D eigenvalue weighted by molar-refractivity contribution is 5.71. The molecular formula is C12H12N6O. The number of aromatic nitrogens is 5. The Morgan fingerprint density at radius 2 is 2.26 bits per heavy atom. The van der Waals surface area contributed by atoms with Crippen molar-refractivity contribution in [3.05, 3.63) is 46.3 Å². The van der Waals surface area contributed by atoms with Crippen molar-refractivity contribution >= 4 is 17.1 Å². The predicted molar refractivity (Wildman–Crippen MR) is 70.6 cm³/mol. The summed E-state index contributed by atoms with van der Waals surface area (Å²) in [6, 6.07) is 3.81. The van der Waals surface area contributed by atoms with E-state index in [-0.39, 0.29) is 11.5 Å². The first-order chi connectivity index (χ1) is 9.15. The van der Waals surface area contributed by atoms with Crippen molar-refractivity contribution in [3.63, 3.8) is 0 Å². The highest BCUT2D eigenvalue weighted by Gasteiger charge is 2.13. The largest absolute Gasteiger partial charge is 0.369 e. The lowest BCUT2D eigenvalue weighted by atomic mass is 10.3. The fraction of sp³-hybridized carbons (Fsp3) is 0.167. The molecule has 0 atom stereocenters. The van der Waals surface area contributed by atoms with Crippen LogP contribution in [0.1, 0.15) is 11.4 Å². The van der Waals surface area contributed by atoms with E-state index in [9.17, 15) is 4.79 Å². The minimum Gasteiger partial charge on any atom is -0.369 e. The lowest BCUT2D eigenvalue weighted by molar-refractivity contribution is 0.774. The summed E-state index contributed by atoms with van der Waals surface area (Å²) in [6.07, 6.45) is 3.48. The Labute approximate surface area is 108 Å². The maximum absolute atomic E-state index is 11.8. The average Bonchev–Trinajstić information content (AvgIpc) is 2.69. The summed E-state index contributed by atoms with van der Waals surface area (Å²) in [5, 5.41) is 0. The molecule has 0 saturated carbocycles. The van der Waals surface area contributed by atoms with E-state index in [1.165, 1.54) is 0 Å². The van der Waals surface area contributed by atoms with Gasteiger partial charge in [0.05, 0.1) is 6.54 Å². The van der Waals surface area contributed by atoms with Gasteiger partial charge >= 0.3 is 0 Å². The molecule has 3 rings (SSSR count). The standard InChI is InChI=1S/C12H12N6O/c1-7-15-9-10(16-12(13)17-11(9)19)18(7)6-8-3-2-4-14-5-8/h2-5H,6H2,1H3,(H3,13,16,17,19). The quantitative estimate of drug-likeness (QED) is 0.693. The van der Waals surface area contributed by atoms with Crippen molar-refractivity contribution < 1.29 is 0 Å². The molecule has 0 unspecified atom stereocenters. The van der Waals surface area contributed by atoms with Gasteiger partial charge in [-0.05, 0) is 18.6 Å². The predicted octanol–water partition coefficient (Wildman–Crippen LogP) is 0.454. The third kappa shape index (κ3) is 1.95. The highest BCUT2D eigenvalue weighted by atomic mass is 16.1. The Hall–Kier alpha value is -2.70. The van der Waals surface area contributed by atoms with Gasteiger partial charge in [-0.1, -0.05) is 6.07 Å². The summed E-state index contributed by atoms with van der Waals surface area (Å²) in [7, 11) is 0. The second-order valence-corrected chi connectivity index (χ2v) is 4.23. The highest BCUT2D eigenvalue weighted by Crippen LogP contribution is 2.13. The number of imidazole rings is 1. The smallest absolute Gasteiger partial charge is 0.280 e. The number of H-pyrrole nitrogens is 1. The second-order valence-electron chi connectivity index (χ2n) is 4.23. The van der Waals surface area contributed by atoms with E-state index in [4.69, 9.17) is 5.73 Å². The first kappa shape index (κ1) is 11.4.